The lowest BCUT2D eigenvalue weighted by Gasteiger charge is -2.22. The molecule has 0 saturated carbocycles. The van der Waals surface area contributed by atoms with Gasteiger partial charge in [0.05, 0.1) is 23.4 Å². The normalized spacial score (nSPS) is 19.4. The summed E-state index contributed by atoms with van der Waals surface area (Å²) < 4.78 is 0.749. The van der Waals surface area contributed by atoms with Gasteiger partial charge in [0, 0.05) is 22.3 Å². The molecule has 0 aliphatic carbocycles. The van der Waals surface area contributed by atoms with Crippen molar-refractivity contribution in [1.82, 2.24) is 10.2 Å². The molecule has 2 N–H and O–H groups in total. The molecule has 132 valence electrons. The summed E-state index contributed by atoms with van der Waals surface area (Å²) in [7, 11) is 0. The number of carbonyl (C=O) groups is 2. The molecule has 0 radical (unpaired) electrons. The number of aliphatic hydroxyl groups is 1. The van der Waals surface area contributed by atoms with E-state index in [2.05, 4.69) is 26.1 Å². The average molecular weight is 406 g/mol. The van der Waals surface area contributed by atoms with E-state index in [4.69, 9.17) is 0 Å². The van der Waals surface area contributed by atoms with E-state index in [1.54, 1.807) is 30.9 Å². The van der Waals surface area contributed by atoms with Crippen molar-refractivity contribution in [2.45, 2.75) is 39.2 Å². The number of aromatic nitrogens is 2. The van der Waals surface area contributed by atoms with Crippen LogP contribution in [-0.4, -0.2) is 33.5 Å². The molecular weight excluding hydrogens is 386 g/mol. The molecule has 6 nitrogen and oxygen atoms in total. The van der Waals surface area contributed by atoms with E-state index in [1.165, 1.54) is 0 Å². The van der Waals surface area contributed by atoms with Crippen LogP contribution in [0, 0.1) is 13.8 Å². The molecule has 25 heavy (non-hydrogen) atoms. The summed E-state index contributed by atoms with van der Waals surface area (Å²) in [5.41, 5.74) is 0.902. The highest BCUT2D eigenvalue weighted by atomic mass is 79.9. The lowest BCUT2D eigenvalue weighted by Crippen LogP contribution is -2.42. The minimum atomic E-state index is -1.86. The molecule has 3 rings (SSSR count). The highest BCUT2D eigenvalue weighted by Crippen LogP contribution is 2.44. The number of H-pyrrole nitrogens is 1. The molecule has 1 amide bonds. The molecule has 2 aromatic rings. The van der Waals surface area contributed by atoms with Gasteiger partial charge in [-0.1, -0.05) is 22.9 Å². The minimum Gasteiger partial charge on any atom is -0.375 e. The number of amides is 1. The fraction of sp³-hybridized carbons (Fsp3) is 0.389. The van der Waals surface area contributed by atoms with Gasteiger partial charge >= 0.3 is 0 Å². The number of aromatic amines is 1. The van der Waals surface area contributed by atoms with Crippen molar-refractivity contribution in [3.8, 4) is 0 Å². The Hall–Kier alpha value is -1.99. The Bertz CT molecular complexity index is 842. The van der Waals surface area contributed by atoms with E-state index >= 15 is 0 Å². The molecular formula is C18H20BrN3O3. The average Bonchev–Trinajstić information content (AvgIpc) is 2.99. The number of benzene rings is 1. The van der Waals surface area contributed by atoms with Crippen LogP contribution in [0.25, 0.3) is 0 Å². The van der Waals surface area contributed by atoms with Crippen LogP contribution in [0.15, 0.2) is 22.7 Å². The van der Waals surface area contributed by atoms with Crippen LogP contribution in [0.5, 0.6) is 0 Å². The van der Waals surface area contributed by atoms with Crippen LogP contribution >= 0.6 is 15.9 Å². The zero-order chi connectivity index (χ0) is 18.4. The van der Waals surface area contributed by atoms with Crippen molar-refractivity contribution in [3.63, 3.8) is 0 Å². The number of rotatable bonds is 5. The summed E-state index contributed by atoms with van der Waals surface area (Å²) in [6.45, 7) is 5.94. The Morgan fingerprint density at radius 2 is 2.12 bits per heavy atom. The van der Waals surface area contributed by atoms with Crippen LogP contribution in [0.1, 0.15) is 47.1 Å². The number of Topliss-reactive ketones (excluding diaryl/α,β-unsaturated/α-hetero) is 1. The van der Waals surface area contributed by atoms with E-state index in [9.17, 15) is 14.7 Å². The van der Waals surface area contributed by atoms with Crippen LogP contribution in [0.3, 0.4) is 0 Å². The fourth-order valence-electron chi connectivity index (χ4n) is 3.42. The summed E-state index contributed by atoms with van der Waals surface area (Å²) in [6.07, 6.45) is 0.446. The van der Waals surface area contributed by atoms with Gasteiger partial charge in [-0.3, -0.25) is 14.7 Å². The first-order chi connectivity index (χ1) is 11.8. The zero-order valence-corrected chi connectivity index (χ0v) is 16.0. The summed E-state index contributed by atoms with van der Waals surface area (Å²) >= 11 is 3.38. The lowest BCUT2D eigenvalue weighted by atomic mass is 9.87. The van der Waals surface area contributed by atoms with Crippen LogP contribution in [0.2, 0.25) is 0 Å². The van der Waals surface area contributed by atoms with Crippen LogP contribution in [-0.2, 0) is 10.4 Å². The molecule has 0 spiro atoms. The number of hydrogen-bond acceptors (Lipinski definition) is 4. The minimum absolute atomic E-state index is 0.302. The van der Waals surface area contributed by atoms with Gasteiger partial charge in [0.25, 0.3) is 5.91 Å². The SMILES string of the molecule is CCCN1C(=O)[C@](O)(CC(=O)c2c(C)n[nH]c2C)c2cc(Br)ccc21. The number of nitrogens with one attached hydrogen (secondary N) is 1. The van der Waals surface area contributed by atoms with E-state index < -0.39 is 11.5 Å². The number of ketones is 1. The maximum absolute atomic E-state index is 12.9. The molecule has 7 heteroatoms. The van der Waals surface area contributed by atoms with Crippen LogP contribution < -0.4 is 4.90 Å². The second-order valence-corrected chi connectivity index (χ2v) is 7.30. The zero-order valence-electron chi connectivity index (χ0n) is 14.4. The predicted octanol–water partition coefficient (Wildman–Crippen LogP) is 3.01. The summed E-state index contributed by atoms with van der Waals surface area (Å²) in [5.74, 6) is -0.751. The molecule has 1 atom stereocenters. The monoisotopic (exact) mass is 405 g/mol. The Morgan fingerprint density at radius 3 is 2.72 bits per heavy atom. The number of nitrogens with zero attached hydrogens (tertiary/aromatic N) is 2. The van der Waals surface area contributed by atoms with Crippen molar-refractivity contribution >= 4 is 33.3 Å². The molecule has 0 unspecified atom stereocenters. The van der Waals surface area contributed by atoms with Gasteiger partial charge in [0.1, 0.15) is 0 Å². The Morgan fingerprint density at radius 1 is 1.40 bits per heavy atom. The van der Waals surface area contributed by atoms with E-state index in [0.717, 1.165) is 10.9 Å². The maximum Gasteiger partial charge on any atom is 0.264 e. The second-order valence-electron chi connectivity index (χ2n) is 6.39. The molecule has 1 aliphatic rings. The van der Waals surface area contributed by atoms with Gasteiger partial charge in [0.2, 0.25) is 0 Å². The molecule has 0 saturated heterocycles. The third-order valence-corrected chi connectivity index (χ3v) is 5.06. The highest BCUT2D eigenvalue weighted by molar-refractivity contribution is 9.10. The Kier molecular flexibility index (Phi) is 4.55. The van der Waals surface area contributed by atoms with Crippen molar-refractivity contribution in [2.24, 2.45) is 0 Å². The number of aryl methyl sites for hydroxylation is 2. The number of halogens is 1. The van der Waals surface area contributed by atoms with Gasteiger partial charge < -0.3 is 10.0 Å². The number of hydrogen-bond donors (Lipinski definition) is 2. The molecule has 1 aromatic heterocycles. The molecule has 0 bridgehead atoms. The maximum atomic E-state index is 12.9. The van der Waals surface area contributed by atoms with Crippen molar-refractivity contribution in [3.05, 3.63) is 45.2 Å². The summed E-state index contributed by atoms with van der Waals surface area (Å²) in [6, 6.07) is 5.34. The van der Waals surface area contributed by atoms with Gasteiger partial charge in [-0.15, -0.1) is 0 Å². The molecule has 2 heterocycles. The number of fused-ring (bicyclic) bond motifs is 1. The first-order valence-electron chi connectivity index (χ1n) is 8.18. The highest BCUT2D eigenvalue weighted by Gasteiger charge is 2.51. The standard InChI is InChI=1S/C18H20BrN3O3/c1-4-7-22-14-6-5-12(19)8-13(14)18(25,17(22)24)9-15(23)16-10(2)20-21-11(16)3/h5-6,8,25H,4,7,9H2,1-3H3,(H,20,21)/t18-/m0/s1. The van der Waals surface area contributed by atoms with E-state index in [-0.39, 0.29) is 12.2 Å². The number of anilines is 1. The molecule has 1 aromatic carbocycles. The topological polar surface area (TPSA) is 86.3 Å². The summed E-state index contributed by atoms with van der Waals surface area (Å²) in [4.78, 5) is 27.3. The van der Waals surface area contributed by atoms with Gasteiger partial charge in [-0.25, -0.2) is 0 Å². The second kappa shape index (κ2) is 6.38. The molecule has 1 aliphatic heterocycles. The van der Waals surface area contributed by atoms with Gasteiger partial charge in [-0.05, 0) is 38.5 Å². The van der Waals surface area contributed by atoms with Gasteiger partial charge in [-0.2, -0.15) is 5.10 Å². The predicted molar refractivity (Wildman–Crippen MR) is 97.7 cm³/mol. The quantitative estimate of drug-likeness (QED) is 0.748. The van der Waals surface area contributed by atoms with Crippen molar-refractivity contribution < 1.29 is 14.7 Å². The third-order valence-electron chi connectivity index (χ3n) is 4.56. The van der Waals surface area contributed by atoms with E-state index in [0.29, 0.717) is 34.7 Å². The van der Waals surface area contributed by atoms with Crippen molar-refractivity contribution in [1.29, 1.82) is 0 Å². The van der Waals surface area contributed by atoms with Crippen LogP contribution in [0.4, 0.5) is 5.69 Å². The largest absolute Gasteiger partial charge is 0.375 e. The number of carbonyl (C=O) groups excluding carboxylic acids is 2. The van der Waals surface area contributed by atoms with E-state index in [1.807, 2.05) is 13.0 Å². The van der Waals surface area contributed by atoms with Crippen molar-refractivity contribution in [2.75, 3.05) is 11.4 Å². The fourth-order valence-corrected chi connectivity index (χ4v) is 3.78. The first kappa shape index (κ1) is 17.8. The third kappa shape index (κ3) is 2.81. The Labute approximate surface area is 154 Å². The first-order valence-corrected chi connectivity index (χ1v) is 8.98. The Balaban J connectivity index is 2.04. The summed E-state index contributed by atoms with van der Waals surface area (Å²) in [5, 5.41) is 18.0. The smallest absolute Gasteiger partial charge is 0.264 e. The lowest BCUT2D eigenvalue weighted by molar-refractivity contribution is -0.135. The van der Waals surface area contributed by atoms with Gasteiger partial charge in [0.15, 0.2) is 11.4 Å². The molecule has 0 fully saturated rings.